The maximum atomic E-state index is 13.3. The third-order valence-electron chi connectivity index (χ3n) is 15.3. The molecule has 1 fully saturated rings. The number of hydrogen-bond donors (Lipinski definition) is 5. The van der Waals surface area contributed by atoms with Gasteiger partial charge in [0.25, 0.3) is 17.7 Å². The molecule has 3 amide bonds. The van der Waals surface area contributed by atoms with Gasteiger partial charge in [-0.2, -0.15) is 3.71 Å². The van der Waals surface area contributed by atoms with Crippen molar-refractivity contribution >= 4 is 87.8 Å². The molecule has 0 spiro atoms. The molecule has 25 heteroatoms. The number of carbonyl (C=O) groups excluding carboxylic acids is 3. The van der Waals surface area contributed by atoms with Crippen LogP contribution in [0.2, 0.25) is 5.02 Å². The zero-order valence-electron chi connectivity index (χ0n) is 46.8. The summed E-state index contributed by atoms with van der Waals surface area (Å²) in [6.45, 7) is 1.28. The fourth-order valence-corrected chi connectivity index (χ4v) is 14.5. The van der Waals surface area contributed by atoms with Crippen LogP contribution in [0.3, 0.4) is 0 Å². The van der Waals surface area contributed by atoms with Crippen LogP contribution in [-0.4, -0.2) is 103 Å². The first-order valence-electron chi connectivity index (χ1n) is 27.0. The van der Waals surface area contributed by atoms with Gasteiger partial charge >= 0.3 is 0 Å². The molecule has 6 aromatic carbocycles. The molecule has 0 bridgehead atoms. The van der Waals surface area contributed by atoms with Gasteiger partial charge in [-0.3, -0.25) is 29.3 Å². The number of aromatic hydroxyl groups is 3. The maximum absolute atomic E-state index is 13.3. The number of pyridine rings is 3. The smallest absolute Gasteiger partial charge is 0.258 e. The van der Waals surface area contributed by atoms with Crippen LogP contribution in [0.4, 0.5) is 18.9 Å². The van der Waals surface area contributed by atoms with E-state index in [1.165, 1.54) is 49.7 Å². The molecule has 0 saturated heterocycles. The molecule has 9 aromatic rings. The Labute approximate surface area is 501 Å². The average molecular weight is 1240 g/mol. The molecule has 1 saturated carbocycles. The van der Waals surface area contributed by atoms with Crippen molar-refractivity contribution in [2.24, 2.45) is 5.92 Å². The highest BCUT2D eigenvalue weighted by Crippen LogP contribution is 2.47. The Morgan fingerprint density at radius 3 is 1.48 bits per heavy atom. The first kappa shape index (κ1) is 59.5. The number of phenolic OH excluding ortho intramolecular Hbond substituents is 3. The van der Waals surface area contributed by atoms with Crippen LogP contribution >= 0.6 is 11.6 Å². The second-order valence-corrected chi connectivity index (χ2v) is 25.8. The molecule has 5 N–H and O–H groups in total. The van der Waals surface area contributed by atoms with E-state index in [1.807, 2.05) is 12.1 Å². The number of nitrogens with zero attached hydrogens (tertiary/aromatic N) is 5. The number of rotatable bonds is 13. The Balaban J connectivity index is 0.000000136. The van der Waals surface area contributed by atoms with Gasteiger partial charge in [0.2, 0.25) is 20.0 Å². The quantitative estimate of drug-likeness (QED) is 0.0720. The van der Waals surface area contributed by atoms with Crippen LogP contribution < -0.4 is 23.8 Å². The largest absolute Gasteiger partial charge is 0.505 e. The summed E-state index contributed by atoms with van der Waals surface area (Å²) in [6.07, 6.45) is 9.83. The van der Waals surface area contributed by atoms with E-state index >= 15 is 0 Å². The van der Waals surface area contributed by atoms with Gasteiger partial charge in [0.15, 0.2) is 17.2 Å². The van der Waals surface area contributed by atoms with Crippen LogP contribution in [0.25, 0.3) is 32.7 Å². The normalized spacial score (nSPS) is 14.2. The first-order chi connectivity index (χ1) is 41.4. The second-order valence-electron chi connectivity index (χ2n) is 21.5. The number of anilines is 1. The molecule has 6 heterocycles. The second kappa shape index (κ2) is 23.2. The third-order valence-corrected chi connectivity index (χ3v) is 18.7. The molecular formula is C62H53ClF3N7O12S2. The van der Waals surface area contributed by atoms with Crippen molar-refractivity contribution in [1.29, 1.82) is 0 Å². The number of methoxy groups -OCH3 is 2. The Morgan fingerprint density at radius 1 is 0.586 bits per heavy atom. The molecule has 0 atom stereocenters. The van der Waals surface area contributed by atoms with Crippen LogP contribution in [0.15, 0.2) is 104 Å². The van der Waals surface area contributed by atoms with Crippen LogP contribution in [0, 0.1) is 23.4 Å². The number of amides is 3. The van der Waals surface area contributed by atoms with Crippen molar-refractivity contribution in [2.45, 2.75) is 51.7 Å². The number of benzene rings is 6. The summed E-state index contributed by atoms with van der Waals surface area (Å²) >= 11 is 5.84. The van der Waals surface area contributed by atoms with Crippen molar-refractivity contribution in [3.63, 3.8) is 0 Å². The SMILES string of the molecule is COc1c2c(c(O)c3ncc(Cc4ccc(F)c(Cl)c4)cc13)C(=O)NC2.COc1c2c(c(O)c3ncc(Cc4ccc(F)cc4)cc13)C(=O)N(CC1CC1)C2.CS(=O)(=O)N(c1c2c(c(O)c3ncc(Cc4ccc(F)cc4)cc13)C(=O)NC2)S(C)(=O)=O. The minimum atomic E-state index is -4.34. The zero-order valence-corrected chi connectivity index (χ0v) is 49.2. The first-order valence-corrected chi connectivity index (χ1v) is 31.1. The predicted octanol–water partition coefficient (Wildman–Crippen LogP) is 9.26. The van der Waals surface area contributed by atoms with E-state index < -0.39 is 43.3 Å². The molecule has 13 rings (SSSR count). The number of phenols is 3. The number of nitrogens with one attached hydrogen (secondary N) is 2. The van der Waals surface area contributed by atoms with Gasteiger partial charge in [0, 0.05) is 71.1 Å². The predicted molar refractivity (Wildman–Crippen MR) is 318 cm³/mol. The highest BCUT2D eigenvalue weighted by Gasteiger charge is 2.40. The minimum Gasteiger partial charge on any atom is -0.505 e. The van der Waals surface area contributed by atoms with E-state index in [0.29, 0.717) is 81.8 Å². The van der Waals surface area contributed by atoms with Gasteiger partial charge in [0.05, 0.1) is 60.7 Å². The van der Waals surface area contributed by atoms with Crippen molar-refractivity contribution in [3.8, 4) is 28.7 Å². The van der Waals surface area contributed by atoms with Crippen LogP contribution in [-0.2, 0) is 58.9 Å². The number of hydrogen-bond acceptors (Lipinski definition) is 15. The zero-order chi connectivity index (χ0) is 62.0. The number of halogens is 4. The van der Waals surface area contributed by atoms with Gasteiger partial charge in [-0.05, 0) is 126 Å². The minimum absolute atomic E-state index is 0.0385. The molecule has 448 valence electrons. The monoisotopic (exact) mass is 1240 g/mol. The number of sulfonamides is 2. The lowest BCUT2D eigenvalue weighted by Crippen LogP contribution is -2.36. The topological polar surface area (TPSA) is 268 Å². The molecule has 3 aliphatic heterocycles. The molecule has 1 aliphatic carbocycles. The fourth-order valence-electron chi connectivity index (χ4n) is 11.2. The van der Waals surface area contributed by atoms with Crippen molar-refractivity contribution in [1.82, 2.24) is 30.5 Å². The summed E-state index contributed by atoms with van der Waals surface area (Å²) in [5.74, 6) is -1.33. The van der Waals surface area contributed by atoms with E-state index in [-0.39, 0.29) is 84.1 Å². The fraction of sp³-hybridized carbons (Fsp3) is 0.226. The summed E-state index contributed by atoms with van der Waals surface area (Å²) < 4.78 is 101. The summed E-state index contributed by atoms with van der Waals surface area (Å²) in [5, 5.41) is 38.6. The number of aromatic nitrogens is 3. The van der Waals surface area contributed by atoms with Gasteiger partial charge in [-0.15, -0.1) is 0 Å². The lowest BCUT2D eigenvalue weighted by atomic mass is 9.99. The number of carbonyl (C=O) groups is 3. The molecule has 19 nitrogen and oxygen atoms in total. The van der Waals surface area contributed by atoms with E-state index in [1.54, 1.807) is 60.8 Å². The standard InChI is InChI=1S/C23H21FN2O3.C20H18FN3O6S2.C19H14ClFN2O3/c1-29-22-17-9-15(8-13-4-6-16(24)7-5-13)10-25-20(17)21(27)19-18(22)12-26(23(19)28)11-14-2-3-14;1-31(27,28)24(32(2,29)30)18-14-8-12(7-11-3-5-13(21)6-4-11)9-22-17(14)19(25)16-15(18)10-23-20(16)26;1-26-18-11-5-10(4-9-2-3-14(21)13(20)6-9)7-22-16(11)17(24)15-12(18)8-23-19(15)25/h4-7,9-10,14,27H,2-3,8,11-12H2,1H3;3-6,8-9,25H,7,10H2,1-2H3,(H,23,26);2-3,5-7,24H,4,8H2,1H3,(H,23,25). The van der Waals surface area contributed by atoms with Gasteiger partial charge in [0.1, 0.15) is 45.5 Å². The number of fused-ring (bicyclic) bond motifs is 6. The highest BCUT2D eigenvalue weighted by atomic mass is 35.5. The van der Waals surface area contributed by atoms with Crippen molar-refractivity contribution in [2.75, 3.05) is 37.0 Å². The van der Waals surface area contributed by atoms with E-state index in [9.17, 15) is 59.7 Å². The molecule has 87 heavy (non-hydrogen) atoms. The van der Waals surface area contributed by atoms with Crippen LogP contribution in [0.5, 0.6) is 28.7 Å². The Bertz CT molecular complexity index is 4560. The maximum Gasteiger partial charge on any atom is 0.258 e. The van der Waals surface area contributed by atoms with E-state index in [4.69, 9.17) is 21.1 Å². The molecule has 0 unspecified atom stereocenters. The lowest BCUT2D eigenvalue weighted by Gasteiger charge is -2.24. The van der Waals surface area contributed by atoms with E-state index in [0.717, 1.165) is 65.3 Å². The van der Waals surface area contributed by atoms with E-state index in [2.05, 4.69) is 25.6 Å². The molecule has 3 aromatic heterocycles. The van der Waals surface area contributed by atoms with Crippen molar-refractivity contribution in [3.05, 3.63) is 193 Å². The Hall–Kier alpha value is -9.26. The molecule has 0 radical (unpaired) electrons. The Kier molecular flexibility index (Phi) is 15.9. The lowest BCUT2D eigenvalue weighted by molar-refractivity contribution is 0.0768. The summed E-state index contributed by atoms with van der Waals surface area (Å²) in [6, 6.07) is 21.9. The van der Waals surface area contributed by atoms with Crippen LogP contribution in [0.1, 0.15) is 94.0 Å². The molecule has 4 aliphatic rings. The third kappa shape index (κ3) is 11.7. The van der Waals surface area contributed by atoms with Crippen molar-refractivity contribution < 1.29 is 69.2 Å². The summed E-state index contributed by atoms with van der Waals surface area (Å²) in [5.41, 5.74) is 6.83. The summed E-state index contributed by atoms with van der Waals surface area (Å²) in [4.78, 5) is 51.9. The van der Waals surface area contributed by atoms with Gasteiger partial charge in [-0.25, -0.2) is 30.0 Å². The summed E-state index contributed by atoms with van der Waals surface area (Å²) in [7, 11) is -5.59. The highest BCUT2D eigenvalue weighted by molar-refractivity contribution is 8.09. The average Bonchev–Trinajstić information content (AvgIpc) is 1.77. The Morgan fingerprint density at radius 2 is 1.01 bits per heavy atom. The molecular weight excluding hydrogens is 1190 g/mol. The number of ether oxygens (including phenoxy) is 2. The van der Waals surface area contributed by atoms with Gasteiger partial charge in [-0.1, -0.05) is 41.9 Å². The van der Waals surface area contributed by atoms with Gasteiger partial charge < -0.3 is 40.3 Å².